The lowest BCUT2D eigenvalue weighted by molar-refractivity contribution is 0.0425. The molecule has 24 heavy (non-hydrogen) atoms. The van der Waals surface area contributed by atoms with E-state index in [-0.39, 0.29) is 17.3 Å². The highest BCUT2D eigenvalue weighted by Crippen LogP contribution is 2.18. The van der Waals surface area contributed by atoms with Crippen molar-refractivity contribution in [3.63, 3.8) is 0 Å². The number of esters is 1. The Kier molecular flexibility index (Phi) is 6.53. The average molecular weight is 330 g/mol. The highest BCUT2D eigenvalue weighted by atomic mass is 16.5. The van der Waals surface area contributed by atoms with Crippen molar-refractivity contribution in [2.24, 2.45) is 11.8 Å². The number of pyridine rings is 1. The van der Waals surface area contributed by atoms with Crippen molar-refractivity contribution in [2.75, 3.05) is 20.2 Å². The third kappa shape index (κ3) is 5.18. The molecule has 0 N–H and O–H groups in total. The van der Waals surface area contributed by atoms with Crippen molar-refractivity contribution in [3.8, 4) is 0 Å². The Hall–Kier alpha value is -2.17. The van der Waals surface area contributed by atoms with E-state index in [9.17, 15) is 9.59 Å². The van der Waals surface area contributed by atoms with Crippen LogP contribution in [-0.2, 0) is 4.74 Å². The minimum Gasteiger partial charge on any atom is -0.461 e. The number of allylic oxidation sites excluding steroid dienone is 2. The molecule has 1 aromatic rings. The Labute approximate surface area is 143 Å². The molecule has 1 aliphatic carbocycles. The van der Waals surface area contributed by atoms with Crippen molar-refractivity contribution in [2.45, 2.75) is 33.1 Å². The smallest absolute Gasteiger partial charge is 0.356 e. The normalized spacial score (nSPS) is 16.9. The zero-order valence-corrected chi connectivity index (χ0v) is 14.7. The van der Waals surface area contributed by atoms with Gasteiger partial charge in [-0.2, -0.15) is 0 Å². The molecule has 1 atom stereocenters. The minimum atomic E-state index is -0.467. The molecule has 5 nitrogen and oxygen atoms in total. The molecule has 0 fully saturated rings. The highest BCUT2D eigenvalue weighted by molar-refractivity contribution is 5.94. The van der Waals surface area contributed by atoms with E-state index >= 15 is 0 Å². The molecule has 0 aromatic carbocycles. The van der Waals surface area contributed by atoms with Gasteiger partial charge in [-0.05, 0) is 43.2 Å². The fourth-order valence-electron chi connectivity index (χ4n) is 2.77. The Morgan fingerprint density at radius 3 is 2.71 bits per heavy atom. The molecule has 0 spiro atoms. The van der Waals surface area contributed by atoms with E-state index in [1.807, 2.05) is 13.8 Å². The van der Waals surface area contributed by atoms with Crippen molar-refractivity contribution in [1.29, 1.82) is 0 Å². The van der Waals surface area contributed by atoms with Crippen molar-refractivity contribution < 1.29 is 14.3 Å². The summed E-state index contributed by atoms with van der Waals surface area (Å²) in [6.07, 6.45) is 7.30. The van der Waals surface area contributed by atoms with Gasteiger partial charge in [-0.15, -0.1) is 0 Å². The standard InChI is InChI=1S/C19H26N2O3/c1-14(2)12-21(3)18(22)16-10-7-11-17(20-16)19(23)24-13-15-8-5-4-6-9-15/h4-5,7,10-11,14-15H,6,8-9,12-13H2,1-3H3/t15-/m0/s1. The molecule has 0 saturated carbocycles. The molecule has 0 unspecified atom stereocenters. The molecule has 0 aliphatic heterocycles. The fraction of sp³-hybridized carbons (Fsp3) is 0.526. The van der Waals surface area contributed by atoms with Crippen LogP contribution in [0, 0.1) is 11.8 Å². The number of ether oxygens (including phenoxy) is 1. The molecule has 1 aromatic heterocycles. The van der Waals surface area contributed by atoms with Crippen LogP contribution in [0.15, 0.2) is 30.4 Å². The molecule has 0 saturated heterocycles. The second kappa shape index (κ2) is 8.62. The average Bonchev–Trinajstić information content (AvgIpc) is 2.59. The lowest BCUT2D eigenvalue weighted by Crippen LogP contribution is -2.31. The van der Waals surface area contributed by atoms with Crippen molar-refractivity contribution in [1.82, 2.24) is 9.88 Å². The van der Waals surface area contributed by atoms with E-state index in [1.54, 1.807) is 30.1 Å². The van der Waals surface area contributed by atoms with Crippen LogP contribution in [0.4, 0.5) is 0 Å². The van der Waals surface area contributed by atoms with E-state index in [2.05, 4.69) is 17.1 Å². The van der Waals surface area contributed by atoms with Gasteiger partial charge in [0.15, 0.2) is 0 Å². The molecular weight excluding hydrogens is 304 g/mol. The minimum absolute atomic E-state index is 0.184. The Morgan fingerprint density at radius 2 is 2.04 bits per heavy atom. The SMILES string of the molecule is CC(C)CN(C)C(=O)c1cccc(C(=O)OC[C@H]2CC=CCC2)n1. The maximum atomic E-state index is 12.4. The number of rotatable bonds is 6. The van der Waals surface area contributed by atoms with Crippen LogP contribution < -0.4 is 0 Å². The van der Waals surface area contributed by atoms with Crippen LogP contribution >= 0.6 is 0 Å². The number of hydrogen-bond donors (Lipinski definition) is 0. The first kappa shape index (κ1) is 18.2. The molecule has 1 heterocycles. The second-order valence-corrected chi connectivity index (χ2v) is 6.74. The maximum absolute atomic E-state index is 12.4. The summed E-state index contributed by atoms with van der Waals surface area (Å²) in [6, 6.07) is 4.88. The summed E-state index contributed by atoms with van der Waals surface area (Å²) in [6.45, 7) is 5.14. The summed E-state index contributed by atoms with van der Waals surface area (Å²) in [5, 5.41) is 0. The topological polar surface area (TPSA) is 59.5 Å². The Morgan fingerprint density at radius 1 is 1.29 bits per heavy atom. The summed E-state index contributed by atoms with van der Waals surface area (Å²) < 4.78 is 5.37. The predicted octanol–water partition coefficient (Wildman–Crippen LogP) is 3.32. The van der Waals surface area contributed by atoms with Crippen LogP contribution in [-0.4, -0.2) is 42.0 Å². The molecule has 130 valence electrons. The molecule has 2 rings (SSSR count). The first-order valence-corrected chi connectivity index (χ1v) is 8.52. The van der Waals surface area contributed by atoms with Crippen LogP contribution in [0.3, 0.4) is 0 Å². The van der Waals surface area contributed by atoms with Gasteiger partial charge in [0.1, 0.15) is 11.4 Å². The van der Waals surface area contributed by atoms with Gasteiger partial charge in [0, 0.05) is 13.6 Å². The van der Waals surface area contributed by atoms with Gasteiger partial charge in [-0.25, -0.2) is 9.78 Å². The van der Waals surface area contributed by atoms with Crippen LogP contribution in [0.25, 0.3) is 0 Å². The zero-order valence-electron chi connectivity index (χ0n) is 14.7. The highest BCUT2D eigenvalue weighted by Gasteiger charge is 2.18. The molecular formula is C19H26N2O3. The lowest BCUT2D eigenvalue weighted by atomic mass is 9.95. The summed E-state index contributed by atoms with van der Waals surface area (Å²) in [4.78, 5) is 30.4. The maximum Gasteiger partial charge on any atom is 0.356 e. The third-order valence-electron chi connectivity index (χ3n) is 3.99. The van der Waals surface area contributed by atoms with E-state index in [4.69, 9.17) is 4.74 Å². The van der Waals surface area contributed by atoms with Gasteiger partial charge in [0.2, 0.25) is 0 Å². The van der Waals surface area contributed by atoms with Crippen molar-refractivity contribution in [3.05, 3.63) is 41.7 Å². The third-order valence-corrected chi connectivity index (χ3v) is 3.99. The number of aromatic nitrogens is 1. The number of nitrogens with zero attached hydrogens (tertiary/aromatic N) is 2. The van der Waals surface area contributed by atoms with Gasteiger partial charge in [-0.1, -0.05) is 32.1 Å². The van der Waals surface area contributed by atoms with Gasteiger partial charge < -0.3 is 9.64 Å². The largest absolute Gasteiger partial charge is 0.461 e. The number of carbonyl (C=O) groups excluding carboxylic acids is 2. The molecule has 0 radical (unpaired) electrons. The molecule has 5 heteroatoms. The van der Waals surface area contributed by atoms with Gasteiger partial charge in [0.25, 0.3) is 5.91 Å². The molecule has 0 bridgehead atoms. The fourth-order valence-corrected chi connectivity index (χ4v) is 2.77. The lowest BCUT2D eigenvalue weighted by Gasteiger charge is -2.19. The molecule has 1 amide bonds. The Balaban J connectivity index is 1.97. The summed E-state index contributed by atoms with van der Waals surface area (Å²) >= 11 is 0. The van der Waals surface area contributed by atoms with Crippen LogP contribution in [0.1, 0.15) is 54.1 Å². The van der Waals surface area contributed by atoms with Crippen LogP contribution in [0.2, 0.25) is 0 Å². The number of amides is 1. The predicted molar refractivity (Wildman–Crippen MR) is 92.8 cm³/mol. The quantitative estimate of drug-likeness (QED) is 0.593. The van der Waals surface area contributed by atoms with E-state index in [0.29, 0.717) is 25.0 Å². The second-order valence-electron chi connectivity index (χ2n) is 6.74. The Bertz CT molecular complexity index is 610. The van der Waals surface area contributed by atoms with E-state index < -0.39 is 5.97 Å². The zero-order chi connectivity index (χ0) is 17.5. The van der Waals surface area contributed by atoms with E-state index in [1.165, 1.54) is 0 Å². The number of hydrogen-bond acceptors (Lipinski definition) is 4. The van der Waals surface area contributed by atoms with Gasteiger partial charge in [0.05, 0.1) is 6.61 Å². The van der Waals surface area contributed by atoms with Crippen LogP contribution in [0.5, 0.6) is 0 Å². The van der Waals surface area contributed by atoms with Gasteiger partial charge >= 0.3 is 5.97 Å². The molecule has 1 aliphatic rings. The van der Waals surface area contributed by atoms with Crippen molar-refractivity contribution >= 4 is 11.9 Å². The van der Waals surface area contributed by atoms with E-state index in [0.717, 1.165) is 19.3 Å². The summed E-state index contributed by atoms with van der Waals surface area (Å²) in [7, 11) is 1.74. The van der Waals surface area contributed by atoms with Gasteiger partial charge in [-0.3, -0.25) is 4.79 Å². The first-order chi connectivity index (χ1) is 11.5. The summed E-state index contributed by atoms with van der Waals surface area (Å²) in [5.41, 5.74) is 0.457. The number of carbonyl (C=O) groups is 2. The monoisotopic (exact) mass is 330 g/mol. The summed E-state index contributed by atoms with van der Waals surface area (Å²) in [5.74, 6) is 0.0964. The first-order valence-electron chi connectivity index (χ1n) is 8.52.